The van der Waals surface area contributed by atoms with E-state index in [1.54, 1.807) is 62.4 Å². The number of carbonyl (C=O) groups is 1. The quantitative estimate of drug-likeness (QED) is 0.583. The SMILES string of the molecule is CCOP(=O)(OCC)C(NC(=O)Nc1cccc(Cl)c1)c1ccccc1. The lowest BCUT2D eigenvalue weighted by Crippen LogP contribution is -2.33. The summed E-state index contributed by atoms with van der Waals surface area (Å²) >= 11 is 5.93. The standard InChI is InChI=1S/C18H22ClN2O4P/c1-3-24-26(23,25-4-2)17(14-9-6-5-7-10-14)21-18(22)20-16-12-8-11-15(19)13-16/h5-13,17H,3-4H2,1-2H3,(H2,20,21,22). The molecule has 0 fully saturated rings. The van der Waals surface area contributed by atoms with Crippen LogP contribution in [0.1, 0.15) is 25.2 Å². The van der Waals surface area contributed by atoms with E-state index in [0.29, 0.717) is 16.3 Å². The van der Waals surface area contributed by atoms with Crippen molar-refractivity contribution >= 4 is 30.9 Å². The van der Waals surface area contributed by atoms with E-state index in [1.165, 1.54) is 0 Å². The Labute approximate surface area is 158 Å². The summed E-state index contributed by atoms with van der Waals surface area (Å²) < 4.78 is 24.1. The van der Waals surface area contributed by atoms with Crippen LogP contribution in [0.4, 0.5) is 10.5 Å². The highest BCUT2D eigenvalue weighted by Gasteiger charge is 2.38. The first-order valence-electron chi connectivity index (χ1n) is 8.25. The van der Waals surface area contributed by atoms with Crippen molar-refractivity contribution in [2.75, 3.05) is 18.5 Å². The minimum atomic E-state index is -3.62. The van der Waals surface area contributed by atoms with Crippen LogP contribution in [0.3, 0.4) is 0 Å². The lowest BCUT2D eigenvalue weighted by Gasteiger charge is -2.27. The highest BCUT2D eigenvalue weighted by Crippen LogP contribution is 2.59. The Morgan fingerprint density at radius 1 is 1.08 bits per heavy atom. The molecule has 0 saturated carbocycles. The Bertz CT molecular complexity index is 763. The van der Waals surface area contributed by atoms with E-state index in [9.17, 15) is 9.36 Å². The molecule has 0 aliphatic rings. The first kappa shape index (κ1) is 20.5. The van der Waals surface area contributed by atoms with Gasteiger partial charge in [-0.25, -0.2) is 4.79 Å². The van der Waals surface area contributed by atoms with Crippen molar-refractivity contribution in [3.8, 4) is 0 Å². The Kier molecular flexibility index (Phi) is 7.66. The Balaban J connectivity index is 2.26. The van der Waals surface area contributed by atoms with Gasteiger partial charge in [0.15, 0.2) is 5.78 Å². The summed E-state index contributed by atoms with van der Waals surface area (Å²) in [6.45, 7) is 3.83. The molecule has 2 N–H and O–H groups in total. The molecule has 0 aromatic heterocycles. The summed E-state index contributed by atoms with van der Waals surface area (Å²) in [5, 5.41) is 5.87. The first-order valence-corrected chi connectivity index (χ1v) is 10.2. The predicted molar refractivity (Wildman–Crippen MR) is 104 cm³/mol. The highest BCUT2D eigenvalue weighted by atomic mass is 35.5. The van der Waals surface area contributed by atoms with Gasteiger partial charge in [0.2, 0.25) is 0 Å². The van der Waals surface area contributed by atoms with E-state index >= 15 is 0 Å². The van der Waals surface area contributed by atoms with Crippen LogP contribution in [0, 0.1) is 0 Å². The molecular weight excluding hydrogens is 375 g/mol. The van der Waals surface area contributed by atoms with E-state index in [4.69, 9.17) is 20.6 Å². The number of hydrogen-bond donors (Lipinski definition) is 2. The number of nitrogens with one attached hydrogen (secondary N) is 2. The van der Waals surface area contributed by atoms with Crippen LogP contribution < -0.4 is 10.6 Å². The summed E-state index contributed by atoms with van der Waals surface area (Å²) in [6.07, 6.45) is 0. The zero-order chi connectivity index (χ0) is 19.0. The summed E-state index contributed by atoms with van der Waals surface area (Å²) in [5.41, 5.74) is 1.14. The number of carbonyl (C=O) groups excluding carboxylic acids is 1. The summed E-state index contributed by atoms with van der Waals surface area (Å²) in [6, 6.07) is 15.1. The summed E-state index contributed by atoms with van der Waals surface area (Å²) in [7, 11) is -3.62. The van der Waals surface area contributed by atoms with Crippen LogP contribution >= 0.6 is 19.2 Å². The fourth-order valence-electron chi connectivity index (χ4n) is 2.38. The van der Waals surface area contributed by atoms with Crippen molar-refractivity contribution in [1.29, 1.82) is 0 Å². The second-order valence-electron chi connectivity index (χ2n) is 5.30. The number of benzene rings is 2. The third kappa shape index (κ3) is 5.58. The summed E-state index contributed by atoms with van der Waals surface area (Å²) in [4.78, 5) is 12.5. The van der Waals surface area contributed by atoms with Crippen molar-refractivity contribution in [2.45, 2.75) is 19.6 Å². The monoisotopic (exact) mass is 396 g/mol. The lowest BCUT2D eigenvalue weighted by atomic mass is 10.2. The normalized spacial score (nSPS) is 12.4. The van der Waals surface area contributed by atoms with Crippen molar-refractivity contribution in [2.24, 2.45) is 0 Å². The molecule has 1 unspecified atom stereocenters. The van der Waals surface area contributed by atoms with Crippen molar-refractivity contribution < 1.29 is 18.4 Å². The van der Waals surface area contributed by atoms with Gasteiger partial charge in [-0.05, 0) is 37.6 Å². The maximum atomic E-state index is 13.2. The zero-order valence-electron chi connectivity index (χ0n) is 14.6. The first-order chi connectivity index (χ1) is 12.5. The number of halogens is 1. The van der Waals surface area contributed by atoms with Gasteiger partial charge in [0, 0.05) is 10.7 Å². The second kappa shape index (κ2) is 9.74. The second-order valence-corrected chi connectivity index (χ2v) is 7.85. The van der Waals surface area contributed by atoms with Gasteiger partial charge in [-0.15, -0.1) is 0 Å². The van der Waals surface area contributed by atoms with E-state index in [1.807, 2.05) is 6.07 Å². The molecule has 2 aromatic carbocycles. The predicted octanol–water partition coefficient (Wildman–Crippen LogP) is 5.43. The van der Waals surface area contributed by atoms with Crippen LogP contribution in [0.5, 0.6) is 0 Å². The molecule has 2 amide bonds. The molecule has 26 heavy (non-hydrogen) atoms. The number of anilines is 1. The number of hydrogen-bond acceptors (Lipinski definition) is 4. The van der Waals surface area contributed by atoms with E-state index in [2.05, 4.69) is 10.6 Å². The van der Waals surface area contributed by atoms with Gasteiger partial charge in [0.25, 0.3) is 0 Å². The molecule has 0 saturated heterocycles. The number of urea groups is 1. The Morgan fingerprint density at radius 2 is 1.73 bits per heavy atom. The fraction of sp³-hybridized carbons (Fsp3) is 0.278. The highest BCUT2D eigenvalue weighted by molar-refractivity contribution is 7.54. The minimum Gasteiger partial charge on any atom is -0.320 e. The molecule has 1 atom stereocenters. The topological polar surface area (TPSA) is 76.7 Å². The van der Waals surface area contributed by atoms with Crippen molar-refractivity contribution in [1.82, 2.24) is 5.32 Å². The molecule has 0 bridgehead atoms. The number of amides is 2. The molecule has 0 aliphatic carbocycles. The largest absolute Gasteiger partial charge is 0.357 e. The lowest BCUT2D eigenvalue weighted by molar-refractivity contribution is 0.205. The van der Waals surface area contributed by atoms with Gasteiger partial charge >= 0.3 is 13.6 Å². The van der Waals surface area contributed by atoms with Gasteiger partial charge in [0.1, 0.15) is 0 Å². The van der Waals surface area contributed by atoms with Crippen LogP contribution in [0.2, 0.25) is 5.02 Å². The minimum absolute atomic E-state index is 0.193. The molecule has 6 nitrogen and oxygen atoms in total. The van der Waals surface area contributed by atoms with Crippen LogP contribution in [-0.2, 0) is 13.6 Å². The maximum Gasteiger partial charge on any atom is 0.357 e. The third-order valence-electron chi connectivity index (χ3n) is 3.40. The molecule has 0 aliphatic heterocycles. The van der Waals surface area contributed by atoms with Crippen LogP contribution in [0.15, 0.2) is 54.6 Å². The maximum absolute atomic E-state index is 13.2. The Hall–Kier alpha value is -1.85. The van der Waals surface area contributed by atoms with Gasteiger partial charge in [-0.3, -0.25) is 4.57 Å². The van der Waals surface area contributed by atoms with Crippen LogP contribution in [0.25, 0.3) is 0 Å². The van der Waals surface area contributed by atoms with Crippen molar-refractivity contribution in [3.05, 3.63) is 65.2 Å². The fourth-order valence-corrected chi connectivity index (χ4v) is 4.48. The Morgan fingerprint density at radius 3 is 2.31 bits per heavy atom. The molecule has 2 rings (SSSR count). The van der Waals surface area contributed by atoms with Gasteiger partial charge in [-0.1, -0.05) is 48.0 Å². The molecule has 140 valence electrons. The molecule has 0 heterocycles. The molecular formula is C18H22ClN2O4P. The van der Waals surface area contributed by atoms with Crippen molar-refractivity contribution in [3.63, 3.8) is 0 Å². The van der Waals surface area contributed by atoms with E-state index in [-0.39, 0.29) is 13.2 Å². The average molecular weight is 397 g/mol. The zero-order valence-corrected chi connectivity index (χ0v) is 16.3. The smallest absolute Gasteiger partial charge is 0.320 e. The van der Waals surface area contributed by atoms with Gasteiger partial charge in [0.05, 0.1) is 13.2 Å². The van der Waals surface area contributed by atoms with Crippen LogP contribution in [-0.4, -0.2) is 19.2 Å². The van der Waals surface area contributed by atoms with Gasteiger partial charge < -0.3 is 19.7 Å². The van der Waals surface area contributed by atoms with E-state index < -0.39 is 19.4 Å². The van der Waals surface area contributed by atoms with E-state index in [0.717, 1.165) is 0 Å². The molecule has 8 heteroatoms. The number of rotatable bonds is 8. The average Bonchev–Trinajstić information content (AvgIpc) is 2.61. The molecule has 0 radical (unpaired) electrons. The third-order valence-corrected chi connectivity index (χ3v) is 5.93. The molecule has 2 aromatic rings. The summed E-state index contributed by atoms with van der Waals surface area (Å²) in [5.74, 6) is -0.942. The van der Waals surface area contributed by atoms with Gasteiger partial charge in [-0.2, -0.15) is 0 Å². The molecule has 0 spiro atoms.